The van der Waals surface area contributed by atoms with Crippen molar-refractivity contribution in [1.82, 2.24) is 10.6 Å². The second kappa shape index (κ2) is 8.55. The molecule has 0 spiro atoms. The molecule has 2 heteroatoms. The van der Waals surface area contributed by atoms with Crippen LogP contribution in [0.4, 0.5) is 0 Å². The Bertz CT molecular complexity index is 551. The van der Waals surface area contributed by atoms with E-state index in [1.54, 1.807) is 11.1 Å². The lowest BCUT2D eigenvalue weighted by Crippen LogP contribution is -2.61. The van der Waals surface area contributed by atoms with Gasteiger partial charge in [-0.25, -0.2) is 0 Å². The highest BCUT2D eigenvalue weighted by Gasteiger charge is 2.44. The molecule has 28 heavy (non-hydrogen) atoms. The Hall–Kier alpha value is -1.38. The lowest BCUT2D eigenvalue weighted by Gasteiger charge is -2.51. The topological polar surface area (TPSA) is 24.1 Å². The van der Waals surface area contributed by atoms with Gasteiger partial charge in [-0.05, 0) is 79.1 Å². The third-order valence-electron chi connectivity index (χ3n) is 6.50. The first kappa shape index (κ1) is 22.9. The quantitative estimate of drug-likeness (QED) is 0.475. The van der Waals surface area contributed by atoms with Crippen molar-refractivity contribution in [3.8, 4) is 0 Å². The minimum Gasteiger partial charge on any atom is -0.305 e. The summed E-state index contributed by atoms with van der Waals surface area (Å²) in [5.41, 5.74) is 3.48. The molecule has 156 valence electrons. The summed E-state index contributed by atoms with van der Waals surface area (Å²) >= 11 is 0. The zero-order valence-corrected chi connectivity index (χ0v) is 18.8. The Kier molecular flexibility index (Phi) is 6.99. The summed E-state index contributed by atoms with van der Waals surface area (Å²) in [6.45, 7) is 25.5. The third kappa shape index (κ3) is 5.36. The van der Waals surface area contributed by atoms with E-state index in [0.29, 0.717) is 0 Å². The Morgan fingerprint density at radius 2 is 0.786 bits per heavy atom. The van der Waals surface area contributed by atoms with Crippen LogP contribution >= 0.6 is 0 Å². The van der Waals surface area contributed by atoms with Crippen LogP contribution in [0, 0.1) is 0 Å². The fraction of sp³-hybridized carbons (Fsp3) is 0.615. The van der Waals surface area contributed by atoms with Crippen LogP contribution in [0.1, 0.15) is 79.1 Å². The summed E-state index contributed by atoms with van der Waals surface area (Å²) in [6, 6.07) is 0. The molecule has 2 nitrogen and oxygen atoms in total. The van der Waals surface area contributed by atoms with Crippen LogP contribution in [-0.2, 0) is 0 Å². The fourth-order valence-corrected chi connectivity index (χ4v) is 5.91. The van der Waals surface area contributed by atoms with Crippen LogP contribution in [0.5, 0.6) is 0 Å². The van der Waals surface area contributed by atoms with Gasteiger partial charge < -0.3 is 10.6 Å². The van der Waals surface area contributed by atoms with Gasteiger partial charge in [0, 0.05) is 22.2 Å². The smallest absolute Gasteiger partial charge is 0.0230 e. The van der Waals surface area contributed by atoms with Crippen LogP contribution in [0.25, 0.3) is 0 Å². The van der Waals surface area contributed by atoms with E-state index < -0.39 is 0 Å². The van der Waals surface area contributed by atoms with Crippen molar-refractivity contribution in [2.24, 2.45) is 0 Å². The van der Waals surface area contributed by atoms with Gasteiger partial charge in [-0.1, -0.05) is 35.5 Å². The van der Waals surface area contributed by atoms with Gasteiger partial charge >= 0.3 is 0 Å². The van der Waals surface area contributed by atoms with Crippen LogP contribution < -0.4 is 10.6 Å². The number of hydrogen-bond acceptors (Lipinski definition) is 2. The minimum atomic E-state index is 0.0502. The summed E-state index contributed by atoms with van der Waals surface area (Å²) in [5.74, 6) is 0. The summed E-state index contributed by atoms with van der Waals surface area (Å²) in [7, 11) is 0. The first-order valence-corrected chi connectivity index (χ1v) is 10.8. The largest absolute Gasteiger partial charge is 0.305 e. The molecule has 0 radical (unpaired) electrons. The lowest BCUT2D eigenvalue weighted by atomic mass is 9.68. The molecule has 2 rings (SSSR count). The lowest BCUT2D eigenvalue weighted by molar-refractivity contribution is 0.173. The van der Waals surface area contributed by atoms with Crippen LogP contribution in [0.3, 0.4) is 0 Å². The summed E-state index contributed by atoms with van der Waals surface area (Å²) in [6.07, 6.45) is 16.5. The summed E-state index contributed by atoms with van der Waals surface area (Å²) in [5, 5.41) is 7.89. The number of piperidine rings is 2. The Labute approximate surface area is 174 Å². The standard InChI is InChI=1S/C26H42N2/c1-9-13-23(5)17-21(18-24(6,27-23)14-10-2)22-19-25(7,15-11-3)28-26(8,20-22)16-12-4/h9-12,27-28H,1-4,13-20H2,5-8H3. The van der Waals surface area contributed by atoms with Crippen LogP contribution in [0.15, 0.2) is 61.8 Å². The van der Waals surface area contributed by atoms with Crippen molar-refractivity contribution >= 4 is 0 Å². The average molecular weight is 383 g/mol. The van der Waals surface area contributed by atoms with Crippen molar-refractivity contribution in [2.75, 3.05) is 0 Å². The molecule has 2 N–H and O–H groups in total. The van der Waals surface area contributed by atoms with Crippen molar-refractivity contribution in [2.45, 2.75) is 101 Å². The number of nitrogens with one attached hydrogen (secondary N) is 2. The molecule has 0 aromatic carbocycles. The van der Waals surface area contributed by atoms with E-state index in [2.05, 4.69) is 88.9 Å². The SMILES string of the molecule is C=CCC1(C)CC(=C2CC(C)(CC=C)NC(C)(CC=C)C2)CC(C)(CC=C)N1. The van der Waals surface area contributed by atoms with E-state index in [-0.39, 0.29) is 22.2 Å². The molecule has 0 aromatic heterocycles. The fourth-order valence-electron chi connectivity index (χ4n) is 5.91. The van der Waals surface area contributed by atoms with Gasteiger partial charge in [-0.15, -0.1) is 26.3 Å². The van der Waals surface area contributed by atoms with Crippen molar-refractivity contribution < 1.29 is 0 Å². The maximum atomic E-state index is 4.02. The maximum absolute atomic E-state index is 4.02. The molecule has 0 amide bonds. The van der Waals surface area contributed by atoms with Crippen molar-refractivity contribution in [1.29, 1.82) is 0 Å². The first-order chi connectivity index (χ1) is 13.0. The van der Waals surface area contributed by atoms with E-state index in [4.69, 9.17) is 0 Å². The molecular formula is C26H42N2. The van der Waals surface area contributed by atoms with Gasteiger partial charge in [0.1, 0.15) is 0 Å². The molecule has 0 bridgehead atoms. The third-order valence-corrected chi connectivity index (χ3v) is 6.50. The van der Waals surface area contributed by atoms with E-state index >= 15 is 0 Å². The molecule has 4 atom stereocenters. The van der Waals surface area contributed by atoms with E-state index in [0.717, 1.165) is 51.4 Å². The van der Waals surface area contributed by atoms with Gasteiger partial charge in [0.25, 0.3) is 0 Å². The van der Waals surface area contributed by atoms with Crippen LogP contribution in [0.2, 0.25) is 0 Å². The summed E-state index contributed by atoms with van der Waals surface area (Å²) in [4.78, 5) is 0. The molecule has 2 fully saturated rings. The Balaban J connectivity index is 2.49. The second-order valence-corrected chi connectivity index (χ2v) is 10.4. The van der Waals surface area contributed by atoms with Gasteiger partial charge in [-0.3, -0.25) is 0 Å². The Morgan fingerprint density at radius 1 is 0.571 bits per heavy atom. The molecule has 2 aliphatic heterocycles. The highest BCUT2D eigenvalue weighted by Crippen LogP contribution is 2.44. The van der Waals surface area contributed by atoms with E-state index in [1.807, 2.05) is 0 Å². The Morgan fingerprint density at radius 3 is 0.964 bits per heavy atom. The van der Waals surface area contributed by atoms with Crippen molar-refractivity contribution in [3.63, 3.8) is 0 Å². The predicted octanol–water partition coefficient (Wildman–Crippen LogP) is 6.39. The minimum absolute atomic E-state index is 0.0502. The van der Waals surface area contributed by atoms with Gasteiger partial charge in [0.05, 0.1) is 0 Å². The highest BCUT2D eigenvalue weighted by molar-refractivity contribution is 5.31. The van der Waals surface area contributed by atoms with Gasteiger partial charge in [0.15, 0.2) is 0 Å². The van der Waals surface area contributed by atoms with E-state index in [9.17, 15) is 0 Å². The maximum Gasteiger partial charge on any atom is 0.0230 e. The molecule has 0 aliphatic carbocycles. The van der Waals surface area contributed by atoms with Gasteiger partial charge in [0.2, 0.25) is 0 Å². The molecule has 0 saturated carbocycles. The average Bonchev–Trinajstić information content (AvgIpc) is 2.52. The molecule has 2 aliphatic rings. The number of hydrogen-bond donors (Lipinski definition) is 2. The summed E-state index contributed by atoms with van der Waals surface area (Å²) < 4.78 is 0. The normalized spacial score (nSPS) is 38.7. The van der Waals surface area contributed by atoms with E-state index in [1.165, 1.54) is 0 Å². The zero-order chi connectivity index (χ0) is 21.1. The monoisotopic (exact) mass is 382 g/mol. The predicted molar refractivity (Wildman–Crippen MR) is 125 cm³/mol. The van der Waals surface area contributed by atoms with Crippen LogP contribution in [-0.4, -0.2) is 22.2 Å². The molecule has 2 saturated heterocycles. The van der Waals surface area contributed by atoms with Crippen molar-refractivity contribution in [3.05, 3.63) is 61.8 Å². The van der Waals surface area contributed by atoms with Gasteiger partial charge in [-0.2, -0.15) is 0 Å². The second-order valence-electron chi connectivity index (χ2n) is 10.4. The highest BCUT2D eigenvalue weighted by atomic mass is 15.1. The number of rotatable bonds is 8. The molecule has 4 unspecified atom stereocenters. The zero-order valence-electron chi connectivity index (χ0n) is 18.8. The molecular weight excluding hydrogens is 340 g/mol. The first-order valence-electron chi connectivity index (χ1n) is 10.8. The molecule has 0 aromatic rings. The molecule has 2 heterocycles.